The molecule has 1 aromatic carbocycles. The highest BCUT2D eigenvalue weighted by molar-refractivity contribution is 5.56. The summed E-state index contributed by atoms with van der Waals surface area (Å²) in [4.78, 5) is 5.89. The molecule has 3 nitrogen and oxygen atoms in total. The number of furan rings is 1. The van der Waals surface area contributed by atoms with E-state index in [9.17, 15) is 4.39 Å². The van der Waals surface area contributed by atoms with Gasteiger partial charge in [0.1, 0.15) is 23.4 Å². The van der Waals surface area contributed by atoms with E-state index in [1.165, 1.54) is 6.07 Å². The second kappa shape index (κ2) is 3.84. The van der Waals surface area contributed by atoms with Crippen molar-refractivity contribution in [3.8, 4) is 0 Å². The van der Waals surface area contributed by atoms with Gasteiger partial charge in [0, 0.05) is 12.8 Å². The van der Waals surface area contributed by atoms with E-state index in [2.05, 4.69) is 0 Å². The zero-order chi connectivity index (χ0) is 13.0. The first-order chi connectivity index (χ1) is 9.20. The van der Waals surface area contributed by atoms with Crippen LogP contribution in [0.2, 0.25) is 0 Å². The molecule has 3 heterocycles. The number of aryl methyl sites for hydroxylation is 1. The van der Waals surface area contributed by atoms with Gasteiger partial charge in [0.25, 0.3) is 0 Å². The van der Waals surface area contributed by atoms with E-state index in [0.29, 0.717) is 0 Å². The molecule has 2 aliphatic heterocycles. The highest BCUT2D eigenvalue weighted by Crippen LogP contribution is 2.45. The van der Waals surface area contributed by atoms with Crippen molar-refractivity contribution >= 4 is 5.69 Å². The van der Waals surface area contributed by atoms with Gasteiger partial charge < -0.3 is 4.42 Å². The Kier molecular flexibility index (Phi) is 2.23. The molecule has 0 radical (unpaired) electrons. The lowest BCUT2D eigenvalue weighted by Crippen LogP contribution is -2.27. The van der Waals surface area contributed by atoms with Gasteiger partial charge in [0.05, 0.1) is 11.8 Å². The zero-order valence-corrected chi connectivity index (χ0v) is 10.6. The molecule has 2 bridgehead atoms. The Labute approximate surface area is 110 Å². The van der Waals surface area contributed by atoms with E-state index < -0.39 is 0 Å². The number of benzene rings is 1. The van der Waals surface area contributed by atoms with Crippen molar-refractivity contribution in [2.45, 2.75) is 31.9 Å². The first-order valence-electron chi connectivity index (χ1n) is 6.51. The predicted molar refractivity (Wildman–Crippen MR) is 68.3 cm³/mol. The van der Waals surface area contributed by atoms with Crippen LogP contribution in [0.4, 0.5) is 10.1 Å². The fraction of sp³-hybridized carbons (Fsp3) is 0.333. The molecule has 1 aromatic heterocycles. The van der Waals surface area contributed by atoms with Gasteiger partial charge in [-0.1, -0.05) is 0 Å². The van der Waals surface area contributed by atoms with Gasteiger partial charge in [-0.2, -0.15) is 0 Å². The number of hydrogen-bond acceptors (Lipinski definition) is 3. The molecule has 1 saturated heterocycles. The number of halogens is 1. The van der Waals surface area contributed by atoms with Crippen molar-refractivity contribution in [2.24, 2.45) is 0 Å². The van der Waals surface area contributed by atoms with Crippen LogP contribution in [0, 0.1) is 12.7 Å². The third-order valence-electron chi connectivity index (χ3n) is 3.85. The van der Waals surface area contributed by atoms with E-state index in [-0.39, 0.29) is 18.0 Å². The van der Waals surface area contributed by atoms with Gasteiger partial charge in [0.15, 0.2) is 0 Å². The summed E-state index contributed by atoms with van der Waals surface area (Å²) in [5, 5.41) is 1.88. The van der Waals surface area contributed by atoms with Crippen LogP contribution in [0.5, 0.6) is 0 Å². The summed E-state index contributed by atoms with van der Waals surface area (Å²) in [5.41, 5.74) is 1.97. The molecule has 4 heteroatoms. The topological polar surface area (TPSA) is 25.6 Å². The molecule has 98 valence electrons. The quantitative estimate of drug-likeness (QED) is 0.783. The molecule has 0 N–H and O–H groups in total. The van der Waals surface area contributed by atoms with Crippen molar-refractivity contribution in [2.75, 3.05) is 5.06 Å². The Morgan fingerprint density at radius 3 is 2.95 bits per heavy atom. The molecule has 0 amide bonds. The van der Waals surface area contributed by atoms with Crippen molar-refractivity contribution in [3.63, 3.8) is 0 Å². The summed E-state index contributed by atoms with van der Waals surface area (Å²) >= 11 is 0. The van der Waals surface area contributed by atoms with Gasteiger partial charge in [-0.3, -0.25) is 4.84 Å². The molecule has 1 fully saturated rings. The molecule has 0 unspecified atom stereocenters. The maximum Gasteiger partial charge on any atom is 0.129 e. The average Bonchev–Trinajstić information content (AvgIpc) is 2.94. The predicted octanol–water partition coefficient (Wildman–Crippen LogP) is 3.53. The highest BCUT2D eigenvalue weighted by Gasteiger charge is 2.41. The number of nitrogens with zero attached hydrogens (tertiary/aromatic N) is 1. The van der Waals surface area contributed by atoms with E-state index >= 15 is 0 Å². The molecule has 0 aliphatic carbocycles. The average molecular weight is 259 g/mol. The Balaban J connectivity index is 1.77. The Morgan fingerprint density at radius 1 is 1.26 bits per heavy atom. The first-order valence-corrected chi connectivity index (χ1v) is 6.51. The smallest absolute Gasteiger partial charge is 0.129 e. The van der Waals surface area contributed by atoms with Crippen molar-refractivity contribution < 1.29 is 13.6 Å². The normalized spacial score (nSPS) is 24.6. The van der Waals surface area contributed by atoms with Crippen molar-refractivity contribution in [1.82, 2.24) is 0 Å². The van der Waals surface area contributed by atoms with Gasteiger partial charge in [-0.05, 0) is 42.8 Å². The van der Waals surface area contributed by atoms with E-state index in [1.807, 2.05) is 24.1 Å². The maximum atomic E-state index is 13.3. The summed E-state index contributed by atoms with van der Waals surface area (Å²) in [7, 11) is 0. The van der Waals surface area contributed by atoms with Crippen LogP contribution in [0.15, 0.2) is 34.7 Å². The number of hydrogen-bond donors (Lipinski definition) is 0. The summed E-state index contributed by atoms with van der Waals surface area (Å²) < 4.78 is 19.0. The summed E-state index contributed by atoms with van der Waals surface area (Å²) in [6.07, 6.45) is 1.76. The van der Waals surface area contributed by atoms with E-state index in [1.54, 1.807) is 12.1 Å². The zero-order valence-electron chi connectivity index (χ0n) is 10.6. The Hall–Kier alpha value is -1.81. The number of hydroxylamine groups is 1. The van der Waals surface area contributed by atoms with Crippen LogP contribution >= 0.6 is 0 Å². The van der Waals surface area contributed by atoms with E-state index in [0.717, 1.165) is 35.6 Å². The first kappa shape index (κ1) is 11.1. The third-order valence-corrected chi connectivity index (χ3v) is 3.85. The molecule has 0 saturated carbocycles. The largest absolute Gasteiger partial charge is 0.464 e. The molecule has 4 rings (SSSR count). The van der Waals surface area contributed by atoms with Gasteiger partial charge >= 0.3 is 0 Å². The lowest BCUT2D eigenvalue weighted by molar-refractivity contribution is 0.0723. The molecule has 2 aromatic rings. The molecular weight excluding hydrogens is 245 g/mol. The van der Waals surface area contributed by atoms with Gasteiger partial charge in [-0.15, -0.1) is 0 Å². The SMILES string of the molecule is Cc1ccc([C@H]2C[C@@H]3Cc4cc(F)ccc4N2O3)o1. The maximum absolute atomic E-state index is 13.3. The lowest BCUT2D eigenvalue weighted by atomic mass is 10.0. The molecule has 19 heavy (non-hydrogen) atoms. The van der Waals surface area contributed by atoms with Crippen molar-refractivity contribution in [1.29, 1.82) is 0 Å². The minimum absolute atomic E-state index is 0.0883. The van der Waals surface area contributed by atoms with Crippen LogP contribution in [0.25, 0.3) is 0 Å². The summed E-state index contributed by atoms with van der Waals surface area (Å²) in [5.74, 6) is 1.63. The lowest BCUT2D eigenvalue weighted by Gasteiger charge is -2.29. The van der Waals surface area contributed by atoms with Gasteiger partial charge in [0.2, 0.25) is 0 Å². The molecule has 0 spiro atoms. The Bertz CT molecular complexity index is 637. The third kappa shape index (κ3) is 1.67. The second-order valence-electron chi connectivity index (χ2n) is 5.23. The molecular formula is C15H14FNO2. The minimum atomic E-state index is -0.188. The Morgan fingerprint density at radius 2 is 2.16 bits per heavy atom. The van der Waals surface area contributed by atoms with Crippen LogP contribution in [-0.2, 0) is 11.3 Å². The van der Waals surface area contributed by atoms with Crippen molar-refractivity contribution in [3.05, 3.63) is 53.2 Å². The monoisotopic (exact) mass is 259 g/mol. The summed E-state index contributed by atoms with van der Waals surface area (Å²) in [6.45, 7) is 1.93. The standard InChI is InChI=1S/C15H14FNO2/c1-9-2-5-15(18-9)14-8-12-7-10-6-11(16)3-4-13(10)17(14)19-12/h2-6,12,14H,7-8H2,1H3/t12-,14+/m0/s1. The van der Waals surface area contributed by atoms with Crippen LogP contribution in [-0.4, -0.2) is 6.10 Å². The highest BCUT2D eigenvalue weighted by atomic mass is 19.1. The van der Waals surface area contributed by atoms with Crippen LogP contribution in [0.3, 0.4) is 0 Å². The fourth-order valence-electron chi connectivity index (χ4n) is 3.01. The molecule has 2 atom stereocenters. The summed E-state index contributed by atoms with van der Waals surface area (Å²) in [6, 6.07) is 8.91. The second-order valence-corrected chi connectivity index (χ2v) is 5.23. The number of anilines is 1. The number of rotatable bonds is 1. The molecule has 2 aliphatic rings. The minimum Gasteiger partial charge on any atom is -0.464 e. The van der Waals surface area contributed by atoms with E-state index in [4.69, 9.17) is 9.25 Å². The van der Waals surface area contributed by atoms with Crippen LogP contribution in [0.1, 0.15) is 29.5 Å². The number of fused-ring (bicyclic) bond motifs is 4. The fourth-order valence-corrected chi connectivity index (χ4v) is 3.01. The van der Waals surface area contributed by atoms with Gasteiger partial charge in [-0.25, -0.2) is 9.45 Å². The van der Waals surface area contributed by atoms with Crippen LogP contribution < -0.4 is 5.06 Å².